The first kappa shape index (κ1) is 10.8. The summed E-state index contributed by atoms with van der Waals surface area (Å²) in [5.74, 6) is 0.320. The fourth-order valence-electron chi connectivity index (χ4n) is 2.32. The predicted molar refractivity (Wildman–Crippen MR) is 80.1 cm³/mol. The number of nitrogens with two attached hydrogens (primary N) is 1. The highest BCUT2D eigenvalue weighted by Gasteiger charge is 2.23. The van der Waals surface area contributed by atoms with Crippen LogP contribution in [0, 0.1) is 0 Å². The number of benzene rings is 1. The third-order valence-electron chi connectivity index (χ3n) is 3.50. The SMILES string of the molecule is NC1=CC1c1ccc(-c2ccc3sccc3c2)nc1. The zero-order chi connectivity index (χ0) is 12.8. The number of pyridine rings is 1. The Morgan fingerprint density at radius 2 is 2.00 bits per heavy atom. The van der Waals surface area contributed by atoms with Crippen LogP contribution in [-0.4, -0.2) is 4.98 Å². The number of fused-ring (bicyclic) bond motifs is 1. The van der Waals surface area contributed by atoms with Crippen LogP contribution in [0.5, 0.6) is 0 Å². The zero-order valence-corrected chi connectivity index (χ0v) is 11.0. The van der Waals surface area contributed by atoms with Crippen molar-refractivity contribution >= 4 is 21.4 Å². The van der Waals surface area contributed by atoms with Gasteiger partial charge in [0, 0.05) is 28.1 Å². The van der Waals surface area contributed by atoms with E-state index in [-0.39, 0.29) is 0 Å². The molecule has 0 amide bonds. The topological polar surface area (TPSA) is 38.9 Å². The quantitative estimate of drug-likeness (QED) is 0.762. The number of hydrogen-bond donors (Lipinski definition) is 1. The van der Waals surface area contributed by atoms with E-state index in [1.165, 1.54) is 15.6 Å². The van der Waals surface area contributed by atoms with Gasteiger partial charge in [0.2, 0.25) is 0 Å². The Morgan fingerprint density at radius 1 is 1.11 bits per heavy atom. The molecular weight excluding hydrogens is 252 g/mol. The molecule has 1 aliphatic carbocycles. The molecule has 3 heteroatoms. The molecule has 2 aromatic heterocycles. The number of hydrogen-bond acceptors (Lipinski definition) is 3. The highest BCUT2D eigenvalue weighted by atomic mass is 32.1. The second-order valence-corrected chi connectivity index (χ2v) is 5.74. The van der Waals surface area contributed by atoms with Crippen molar-refractivity contribution in [3.8, 4) is 11.3 Å². The average molecular weight is 264 g/mol. The third kappa shape index (κ3) is 1.83. The van der Waals surface area contributed by atoms with E-state index < -0.39 is 0 Å². The minimum atomic E-state index is 0.320. The summed E-state index contributed by atoms with van der Waals surface area (Å²) in [5, 5.41) is 3.40. The average Bonchev–Trinajstić information content (AvgIpc) is 3.00. The standard InChI is InChI=1S/C16H12N2S/c17-14-8-13(14)12-1-3-15(18-9-12)10-2-4-16-11(7-10)5-6-19-16/h1-9,13H,17H2. The lowest BCUT2D eigenvalue weighted by molar-refractivity contribution is 1.11. The van der Waals surface area contributed by atoms with Gasteiger partial charge in [-0.1, -0.05) is 18.2 Å². The van der Waals surface area contributed by atoms with E-state index in [0.29, 0.717) is 5.92 Å². The van der Waals surface area contributed by atoms with Crippen LogP contribution in [-0.2, 0) is 0 Å². The Kier molecular flexibility index (Phi) is 2.23. The Balaban J connectivity index is 1.70. The number of allylic oxidation sites excluding steroid dienone is 2. The van der Waals surface area contributed by atoms with Crippen LogP contribution in [0.25, 0.3) is 21.3 Å². The van der Waals surface area contributed by atoms with Gasteiger partial charge in [0.1, 0.15) is 0 Å². The molecule has 2 N–H and O–H groups in total. The molecule has 1 aromatic carbocycles. The van der Waals surface area contributed by atoms with Gasteiger partial charge < -0.3 is 5.73 Å². The van der Waals surface area contributed by atoms with Gasteiger partial charge in [-0.25, -0.2) is 0 Å². The summed E-state index contributed by atoms with van der Waals surface area (Å²) in [4.78, 5) is 4.55. The lowest BCUT2D eigenvalue weighted by Crippen LogP contribution is -1.92. The van der Waals surface area contributed by atoms with Crippen molar-refractivity contribution in [2.24, 2.45) is 5.73 Å². The maximum Gasteiger partial charge on any atom is 0.0702 e. The first-order chi connectivity index (χ1) is 9.31. The fraction of sp³-hybridized carbons (Fsp3) is 0.0625. The molecule has 1 unspecified atom stereocenters. The van der Waals surface area contributed by atoms with Crippen LogP contribution in [0.1, 0.15) is 11.5 Å². The van der Waals surface area contributed by atoms with Crippen molar-refractivity contribution < 1.29 is 0 Å². The number of nitrogens with zero attached hydrogens (tertiary/aromatic N) is 1. The van der Waals surface area contributed by atoms with Crippen LogP contribution in [0.15, 0.2) is 59.7 Å². The minimum Gasteiger partial charge on any atom is -0.402 e. The number of aromatic nitrogens is 1. The van der Waals surface area contributed by atoms with Crippen molar-refractivity contribution in [2.45, 2.75) is 5.92 Å². The molecule has 2 nitrogen and oxygen atoms in total. The van der Waals surface area contributed by atoms with Gasteiger partial charge in [0.25, 0.3) is 0 Å². The maximum atomic E-state index is 5.73. The number of thiophene rings is 1. The molecule has 0 spiro atoms. The Labute approximate surface area is 115 Å². The largest absolute Gasteiger partial charge is 0.402 e. The molecule has 0 saturated carbocycles. The van der Waals surface area contributed by atoms with Gasteiger partial charge in [-0.05, 0) is 40.6 Å². The summed E-state index contributed by atoms with van der Waals surface area (Å²) in [6, 6.07) is 12.8. The highest BCUT2D eigenvalue weighted by Crippen LogP contribution is 2.35. The summed E-state index contributed by atoms with van der Waals surface area (Å²) in [6.45, 7) is 0. The highest BCUT2D eigenvalue weighted by molar-refractivity contribution is 7.17. The zero-order valence-electron chi connectivity index (χ0n) is 10.2. The van der Waals surface area contributed by atoms with Gasteiger partial charge in [-0.2, -0.15) is 0 Å². The Bertz CT molecular complexity index is 784. The maximum absolute atomic E-state index is 5.73. The second-order valence-electron chi connectivity index (χ2n) is 4.79. The smallest absolute Gasteiger partial charge is 0.0702 e. The molecule has 0 aliphatic heterocycles. The summed E-state index contributed by atoms with van der Waals surface area (Å²) < 4.78 is 1.32. The van der Waals surface area contributed by atoms with E-state index in [0.717, 1.165) is 17.0 Å². The van der Waals surface area contributed by atoms with Crippen LogP contribution in [0.3, 0.4) is 0 Å². The summed E-state index contributed by atoms with van der Waals surface area (Å²) in [7, 11) is 0. The van der Waals surface area contributed by atoms with E-state index in [2.05, 4.69) is 46.8 Å². The van der Waals surface area contributed by atoms with Crippen LogP contribution in [0.4, 0.5) is 0 Å². The third-order valence-corrected chi connectivity index (χ3v) is 4.40. The lowest BCUT2D eigenvalue weighted by Gasteiger charge is -2.03. The Hall–Kier alpha value is -2.13. The normalized spacial score (nSPS) is 17.5. The van der Waals surface area contributed by atoms with E-state index in [1.807, 2.05) is 12.3 Å². The van der Waals surface area contributed by atoms with Gasteiger partial charge >= 0.3 is 0 Å². The molecule has 0 saturated heterocycles. The lowest BCUT2D eigenvalue weighted by atomic mass is 10.1. The van der Waals surface area contributed by atoms with E-state index in [9.17, 15) is 0 Å². The molecule has 1 atom stereocenters. The molecule has 0 fully saturated rings. The van der Waals surface area contributed by atoms with Crippen LogP contribution >= 0.6 is 11.3 Å². The van der Waals surface area contributed by atoms with E-state index >= 15 is 0 Å². The van der Waals surface area contributed by atoms with Crippen molar-refractivity contribution in [1.82, 2.24) is 4.98 Å². The molecule has 0 radical (unpaired) electrons. The van der Waals surface area contributed by atoms with Crippen molar-refractivity contribution in [2.75, 3.05) is 0 Å². The van der Waals surface area contributed by atoms with Crippen molar-refractivity contribution in [3.05, 3.63) is 65.3 Å². The molecule has 2 heterocycles. The molecule has 1 aliphatic rings. The Morgan fingerprint density at radius 3 is 2.74 bits per heavy atom. The molecular formula is C16H12N2S. The first-order valence-corrected chi connectivity index (χ1v) is 7.10. The fourth-order valence-corrected chi connectivity index (χ4v) is 3.09. The van der Waals surface area contributed by atoms with Gasteiger partial charge in [0.05, 0.1) is 5.69 Å². The molecule has 92 valence electrons. The molecule has 19 heavy (non-hydrogen) atoms. The summed E-state index contributed by atoms with van der Waals surface area (Å²) in [5.41, 5.74) is 10.0. The summed E-state index contributed by atoms with van der Waals surface area (Å²) >= 11 is 1.76. The minimum absolute atomic E-state index is 0.320. The second kappa shape index (κ2) is 3.93. The number of rotatable bonds is 2. The molecule has 4 rings (SSSR count). The van der Waals surface area contributed by atoms with E-state index in [1.54, 1.807) is 11.3 Å². The van der Waals surface area contributed by atoms with Gasteiger partial charge in [-0.3, -0.25) is 4.98 Å². The monoisotopic (exact) mass is 264 g/mol. The van der Waals surface area contributed by atoms with Crippen LogP contribution < -0.4 is 5.73 Å². The summed E-state index contributed by atoms with van der Waals surface area (Å²) in [6.07, 6.45) is 3.97. The predicted octanol–water partition coefficient (Wildman–Crippen LogP) is 3.90. The van der Waals surface area contributed by atoms with Crippen molar-refractivity contribution in [3.63, 3.8) is 0 Å². The first-order valence-electron chi connectivity index (χ1n) is 6.22. The van der Waals surface area contributed by atoms with Gasteiger partial charge in [-0.15, -0.1) is 11.3 Å². The van der Waals surface area contributed by atoms with Crippen LogP contribution in [0.2, 0.25) is 0 Å². The van der Waals surface area contributed by atoms with Crippen molar-refractivity contribution in [1.29, 1.82) is 0 Å². The molecule has 0 bridgehead atoms. The molecule has 3 aromatic rings. The van der Waals surface area contributed by atoms with E-state index in [4.69, 9.17) is 5.73 Å². The van der Waals surface area contributed by atoms with Gasteiger partial charge in [0.15, 0.2) is 0 Å².